The van der Waals surface area contributed by atoms with Gasteiger partial charge in [0.15, 0.2) is 0 Å². The fourth-order valence-corrected chi connectivity index (χ4v) is 4.52. The van der Waals surface area contributed by atoms with Gasteiger partial charge in [0.25, 0.3) is 0 Å². The Morgan fingerprint density at radius 3 is 2.14 bits per heavy atom. The van der Waals surface area contributed by atoms with E-state index in [1.54, 1.807) is 0 Å². The van der Waals surface area contributed by atoms with Crippen LogP contribution in [0.1, 0.15) is 43.4 Å². The molecule has 1 aliphatic carbocycles. The van der Waals surface area contributed by atoms with Gasteiger partial charge < -0.3 is 20.2 Å². The van der Waals surface area contributed by atoms with Crippen LogP contribution in [0.5, 0.6) is 0 Å². The van der Waals surface area contributed by atoms with Crippen molar-refractivity contribution in [3.05, 3.63) is 47.0 Å². The molecule has 0 radical (unpaired) electrons. The minimum absolute atomic E-state index is 0.0658. The average molecular weight is 389 g/mol. The molecule has 1 fully saturated rings. The molecular formula is C22H31NO5. The molecule has 1 aromatic carbocycles. The highest BCUT2D eigenvalue weighted by Crippen LogP contribution is 2.56. The van der Waals surface area contributed by atoms with Gasteiger partial charge in [-0.3, -0.25) is 0 Å². The number of nitrogens with zero attached hydrogens (tertiary/aromatic N) is 1. The van der Waals surface area contributed by atoms with Gasteiger partial charge in [-0.2, -0.15) is 0 Å². The van der Waals surface area contributed by atoms with Crippen molar-refractivity contribution in [3.8, 4) is 0 Å². The lowest BCUT2D eigenvalue weighted by Gasteiger charge is -2.46. The van der Waals surface area contributed by atoms with Crippen LogP contribution in [0.2, 0.25) is 0 Å². The lowest BCUT2D eigenvalue weighted by Crippen LogP contribution is -2.49. The highest BCUT2D eigenvalue weighted by molar-refractivity contribution is 5.89. The summed E-state index contributed by atoms with van der Waals surface area (Å²) in [6.07, 6.45) is 4.31. The second-order valence-electron chi connectivity index (χ2n) is 8.58. The van der Waals surface area contributed by atoms with Crippen LogP contribution < -0.4 is 0 Å². The minimum Gasteiger partial charge on any atom is -0.478 e. The zero-order valence-electron chi connectivity index (χ0n) is 17.1. The van der Waals surface area contributed by atoms with Crippen LogP contribution in [0.3, 0.4) is 0 Å². The van der Waals surface area contributed by atoms with Crippen molar-refractivity contribution in [2.45, 2.75) is 45.6 Å². The van der Waals surface area contributed by atoms with Gasteiger partial charge in [-0.05, 0) is 63.4 Å². The standard InChI is InChI=1S/C18H27NO.C4H4O4/c1-13-5-6-14-12-17(2,3)18(20,16(14)11-13)15-7-9-19(4)10-8-15;5-3(6)1-2-4(7)8/h5-6,11,15,20H,7-10,12H2,1-4H3;1-2H,(H,5,6)(H,7,8)/b;2-1+. The van der Waals surface area contributed by atoms with Gasteiger partial charge in [-0.15, -0.1) is 0 Å². The molecule has 3 N–H and O–H groups in total. The summed E-state index contributed by atoms with van der Waals surface area (Å²) in [5.74, 6) is -2.13. The Morgan fingerprint density at radius 2 is 1.64 bits per heavy atom. The number of likely N-dealkylation sites (tertiary alicyclic amines) is 1. The van der Waals surface area contributed by atoms with Crippen molar-refractivity contribution < 1.29 is 24.9 Å². The zero-order chi connectivity index (χ0) is 21.1. The maximum Gasteiger partial charge on any atom is 0.328 e. The van der Waals surface area contributed by atoms with E-state index in [1.165, 1.54) is 16.7 Å². The van der Waals surface area contributed by atoms with Crippen LogP contribution in [-0.4, -0.2) is 52.3 Å². The number of fused-ring (bicyclic) bond motifs is 1. The van der Waals surface area contributed by atoms with E-state index in [0.717, 1.165) is 32.4 Å². The van der Waals surface area contributed by atoms with E-state index in [1.807, 2.05) is 0 Å². The van der Waals surface area contributed by atoms with E-state index in [2.05, 4.69) is 50.9 Å². The maximum atomic E-state index is 11.7. The molecule has 1 atom stereocenters. The number of piperidine rings is 1. The molecule has 1 heterocycles. The summed E-state index contributed by atoms with van der Waals surface area (Å²) in [6.45, 7) is 8.80. The molecule has 0 amide bonds. The highest BCUT2D eigenvalue weighted by Gasteiger charge is 2.55. The molecule has 3 rings (SSSR count). The topological polar surface area (TPSA) is 98.1 Å². The summed E-state index contributed by atoms with van der Waals surface area (Å²) in [7, 11) is 2.18. The predicted octanol–water partition coefficient (Wildman–Crippen LogP) is 2.82. The van der Waals surface area contributed by atoms with E-state index in [-0.39, 0.29) is 5.41 Å². The van der Waals surface area contributed by atoms with Crippen molar-refractivity contribution in [1.82, 2.24) is 4.90 Å². The van der Waals surface area contributed by atoms with E-state index in [9.17, 15) is 14.7 Å². The monoisotopic (exact) mass is 389 g/mol. The molecule has 2 aliphatic rings. The van der Waals surface area contributed by atoms with E-state index in [4.69, 9.17) is 10.2 Å². The molecule has 0 spiro atoms. The lowest BCUT2D eigenvalue weighted by atomic mass is 9.65. The van der Waals surface area contributed by atoms with Crippen LogP contribution >= 0.6 is 0 Å². The molecule has 1 aliphatic heterocycles. The van der Waals surface area contributed by atoms with Crippen molar-refractivity contribution in [1.29, 1.82) is 0 Å². The number of carboxylic acids is 2. The normalized spacial score (nSPS) is 24.5. The van der Waals surface area contributed by atoms with E-state index < -0.39 is 17.5 Å². The van der Waals surface area contributed by atoms with Crippen LogP contribution in [0.4, 0.5) is 0 Å². The fraction of sp³-hybridized carbons (Fsp3) is 0.545. The molecule has 0 aromatic heterocycles. The third-order valence-electron chi connectivity index (χ3n) is 6.02. The number of aliphatic hydroxyl groups is 1. The summed E-state index contributed by atoms with van der Waals surface area (Å²) in [5.41, 5.74) is 3.09. The quantitative estimate of drug-likeness (QED) is 0.688. The number of hydrogen-bond acceptors (Lipinski definition) is 4. The SMILES string of the molecule is Cc1ccc2c(c1)C(O)(C1CCN(C)CC1)C(C)(C)C2.O=C(O)/C=C/C(=O)O. The largest absolute Gasteiger partial charge is 0.478 e. The van der Waals surface area contributed by atoms with Crippen molar-refractivity contribution in [2.75, 3.05) is 20.1 Å². The number of aliphatic carboxylic acids is 2. The Hall–Kier alpha value is -2.18. The molecule has 28 heavy (non-hydrogen) atoms. The van der Waals surface area contributed by atoms with Crippen molar-refractivity contribution >= 4 is 11.9 Å². The minimum atomic E-state index is -1.26. The first-order chi connectivity index (χ1) is 13.0. The molecule has 1 aromatic rings. The maximum absolute atomic E-state index is 11.7. The molecule has 154 valence electrons. The summed E-state index contributed by atoms with van der Waals surface area (Å²) in [4.78, 5) is 21.5. The van der Waals surface area contributed by atoms with Gasteiger partial charge in [0.2, 0.25) is 0 Å². The number of benzene rings is 1. The summed E-state index contributed by atoms with van der Waals surface area (Å²) < 4.78 is 0. The lowest BCUT2D eigenvalue weighted by molar-refractivity contribution is -0.134. The number of aryl methyl sites for hydroxylation is 1. The van der Waals surface area contributed by atoms with Crippen molar-refractivity contribution in [3.63, 3.8) is 0 Å². The fourth-order valence-electron chi connectivity index (χ4n) is 4.52. The van der Waals surface area contributed by atoms with Gasteiger partial charge in [0.05, 0.1) is 5.60 Å². The van der Waals surface area contributed by atoms with Crippen LogP contribution in [0, 0.1) is 18.3 Å². The second kappa shape index (κ2) is 8.45. The third-order valence-corrected chi connectivity index (χ3v) is 6.02. The van der Waals surface area contributed by atoms with E-state index in [0.29, 0.717) is 18.1 Å². The van der Waals surface area contributed by atoms with Crippen molar-refractivity contribution in [2.24, 2.45) is 11.3 Å². The summed E-state index contributed by atoms with van der Waals surface area (Å²) >= 11 is 0. The molecule has 1 saturated heterocycles. The van der Waals surface area contributed by atoms with Crippen LogP contribution in [-0.2, 0) is 21.6 Å². The molecule has 1 unspecified atom stereocenters. The Labute approximate surface area is 166 Å². The van der Waals surface area contributed by atoms with Gasteiger partial charge in [-0.1, -0.05) is 37.6 Å². The van der Waals surface area contributed by atoms with Gasteiger partial charge in [0, 0.05) is 17.6 Å². The number of carboxylic acid groups (broad SMARTS) is 2. The molecule has 0 bridgehead atoms. The smallest absolute Gasteiger partial charge is 0.328 e. The third kappa shape index (κ3) is 4.62. The average Bonchev–Trinajstić information content (AvgIpc) is 2.81. The summed E-state index contributed by atoms with van der Waals surface area (Å²) in [5, 5.41) is 27.3. The Bertz CT molecular complexity index is 746. The number of carbonyl (C=O) groups is 2. The molecule has 6 nitrogen and oxygen atoms in total. The second-order valence-corrected chi connectivity index (χ2v) is 8.58. The van der Waals surface area contributed by atoms with Gasteiger partial charge in [-0.25, -0.2) is 9.59 Å². The van der Waals surface area contributed by atoms with Gasteiger partial charge >= 0.3 is 11.9 Å². The zero-order valence-corrected chi connectivity index (χ0v) is 17.1. The van der Waals surface area contributed by atoms with E-state index >= 15 is 0 Å². The van der Waals surface area contributed by atoms with Crippen LogP contribution in [0.25, 0.3) is 0 Å². The Kier molecular flexibility index (Phi) is 6.67. The van der Waals surface area contributed by atoms with Crippen LogP contribution in [0.15, 0.2) is 30.4 Å². The Balaban J connectivity index is 0.000000300. The first-order valence-corrected chi connectivity index (χ1v) is 9.62. The summed E-state index contributed by atoms with van der Waals surface area (Å²) in [6, 6.07) is 6.62. The first kappa shape index (κ1) is 22.1. The first-order valence-electron chi connectivity index (χ1n) is 9.62. The highest BCUT2D eigenvalue weighted by atomic mass is 16.4. The Morgan fingerprint density at radius 1 is 1.11 bits per heavy atom. The molecule has 6 heteroatoms. The number of rotatable bonds is 3. The predicted molar refractivity (Wildman–Crippen MR) is 107 cm³/mol. The molecule has 0 saturated carbocycles. The molecular weight excluding hydrogens is 358 g/mol. The van der Waals surface area contributed by atoms with Gasteiger partial charge in [0.1, 0.15) is 0 Å². The number of hydrogen-bond donors (Lipinski definition) is 3.